The maximum atomic E-state index is 12.9. The molecule has 0 aromatic carbocycles. The third kappa shape index (κ3) is 37.7. The monoisotopic (exact) mass is 943 g/mol. The molecule has 4 N–H and O–H groups in total. The van der Waals surface area contributed by atoms with Crippen LogP contribution in [0.2, 0.25) is 0 Å². The zero-order chi connectivity index (χ0) is 48.7. The lowest BCUT2D eigenvalue weighted by atomic mass is 9.99. The van der Waals surface area contributed by atoms with Crippen molar-refractivity contribution >= 4 is 11.9 Å². The minimum atomic E-state index is -1.61. The summed E-state index contributed by atoms with van der Waals surface area (Å²) in [5.41, 5.74) is 0. The molecule has 1 rings (SSSR count). The van der Waals surface area contributed by atoms with Gasteiger partial charge in [-0.3, -0.25) is 9.59 Å². The summed E-state index contributed by atoms with van der Waals surface area (Å²) in [6.45, 7) is 3.26. The number of ether oxygens (including phenoxy) is 4. The van der Waals surface area contributed by atoms with Gasteiger partial charge in [-0.05, 0) is 51.4 Å². The lowest BCUT2D eigenvalue weighted by molar-refractivity contribution is -0.305. The highest BCUT2D eigenvalue weighted by atomic mass is 16.7. The van der Waals surface area contributed by atoms with Crippen LogP contribution in [-0.4, -0.2) is 89.0 Å². The number of aliphatic hydroxyl groups excluding tert-OH is 4. The van der Waals surface area contributed by atoms with Gasteiger partial charge in [0.05, 0.1) is 13.2 Å². The molecule has 0 bridgehead atoms. The molecule has 10 heteroatoms. The van der Waals surface area contributed by atoms with E-state index in [2.05, 4.69) is 74.6 Å². The molecular formula is C57H98O10. The van der Waals surface area contributed by atoms with Crippen LogP contribution in [0.15, 0.2) is 72.9 Å². The smallest absolute Gasteiger partial charge is 0.306 e. The Morgan fingerprint density at radius 1 is 0.478 bits per heavy atom. The Morgan fingerprint density at radius 3 is 1.30 bits per heavy atom. The molecule has 0 aromatic rings. The summed E-state index contributed by atoms with van der Waals surface area (Å²) >= 11 is 0. The quantitative estimate of drug-likeness (QED) is 0.0264. The molecule has 0 spiro atoms. The highest BCUT2D eigenvalue weighted by Gasteiger charge is 2.44. The van der Waals surface area contributed by atoms with Crippen LogP contribution in [-0.2, 0) is 28.5 Å². The molecule has 386 valence electrons. The lowest BCUT2D eigenvalue weighted by Crippen LogP contribution is -2.59. The van der Waals surface area contributed by atoms with Gasteiger partial charge in [0.15, 0.2) is 12.4 Å². The van der Waals surface area contributed by atoms with Crippen LogP contribution in [0.5, 0.6) is 0 Å². The maximum absolute atomic E-state index is 12.9. The van der Waals surface area contributed by atoms with E-state index in [-0.39, 0.29) is 26.1 Å². The van der Waals surface area contributed by atoms with Crippen LogP contribution in [0.25, 0.3) is 0 Å². The molecule has 1 saturated heterocycles. The van der Waals surface area contributed by atoms with Crippen molar-refractivity contribution in [1.29, 1.82) is 0 Å². The molecule has 1 aliphatic heterocycles. The number of unbranched alkanes of at least 4 members (excludes halogenated alkanes) is 22. The minimum Gasteiger partial charge on any atom is -0.462 e. The van der Waals surface area contributed by atoms with Crippen LogP contribution < -0.4 is 0 Å². The molecule has 0 aromatic heterocycles. The lowest BCUT2D eigenvalue weighted by Gasteiger charge is -2.39. The Morgan fingerprint density at radius 2 is 0.881 bits per heavy atom. The molecular weight excluding hydrogens is 845 g/mol. The van der Waals surface area contributed by atoms with Gasteiger partial charge >= 0.3 is 11.9 Å². The first-order chi connectivity index (χ1) is 32.8. The number of aliphatic hydroxyl groups is 4. The molecule has 67 heavy (non-hydrogen) atoms. The number of hydrogen-bond donors (Lipinski definition) is 4. The van der Waals surface area contributed by atoms with E-state index in [0.717, 1.165) is 57.8 Å². The normalized spacial score (nSPS) is 19.6. The third-order valence-electron chi connectivity index (χ3n) is 12.1. The van der Waals surface area contributed by atoms with Crippen molar-refractivity contribution in [1.82, 2.24) is 0 Å². The van der Waals surface area contributed by atoms with Crippen molar-refractivity contribution in [3.63, 3.8) is 0 Å². The fourth-order valence-corrected chi connectivity index (χ4v) is 7.92. The fourth-order valence-electron chi connectivity index (χ4n) is 7.92. The van der Waals surface area contributed by atoms with Crippen molar-refractivity contribution < 1.29 is 49.0 Å². The first kappa shape index (κ1) is 62.2. The predicted octanol–water partition coefficient (Wildman–Crippen LogP) is 13.1. The molecule has 0 radical (unpaired) electrons. The second kappa shape index (κ2) is 46.8. The van der Waals surface area contributed by atoms with Gasteiger partial charge in [0.1, 0.15) is 31.0 Å². The van der Waals surface area contributed by atoms with Crippen LogP contribution in [0.1, 0.15) is 219 Å². The van der Waals surface area contributed by atoms with E-state index < -0.39 is 55.4 Å². The van der Waals surface area contributed by atoms with Gasteiger partial charge in [-0.2, -0.15) is 0 Å². The van der Waals surface area contributed by atoms with Crippen molar-refractivity contribution in [2.75, 3.05) is 19.8 Å². The van der Waals surface area contributed by atoms with E-state index in [1.165, 1.54) is 122 Å². The van der Waals surface area contributed by atoms with E-state index in [1.807, 2.05) is 12.2 Å². The van der Waals surface area contributed by atoms with Gasteiger partial charge in [-0.25, -0.2) is 0 Å². The summed E-state index contributed by atoms with van der Waals surface area (Å²) in [6, 6.07) is 0. The molecule has 6 atom stereocenters. The summed E-state index contributed by atoms with van der Waals surface area (Å²) in [7, 11) is 0. The summed E-state index contributed by atoms with van der Waals surface area (Å²) in [6.07, 6.45) is 53.6. The highest BCUT2D eigenvalue weighted by molar-refractivity contribution is 5.70. The van der Waals surface area contributed by atoms with Gasteiger partial charge in [-0.1, -0.05) is 228 Å². The number of carbonyl (C=O) groups is 2. The Bertz CT molecular complexity index is 1320. The maximum Gasteiger partial charge on any atom is 0.306 e. The first-order valence-corrected chi connectivity index (χ1v) is 27.0. The average molecular weight is 943 g/mol. The van der Waals surface area contributed by atoms with E-state index in [0.29, 0.717) is 12.8 Å². The van der Waals surface area contributed by atoms with Gasteiger partial charge in [0, 0.05) is 12.8 Å². The van der Waals surface area contributed by atoms with Gasteiger partial charge in [0.2, 0.25) is 0 Å². The van der Waals surface area contributed by atoms with Crippen molar-refractivity contribution in [2.24, 2.45) is 0 Å². The van der Waals surface area contributed by atoms with Crippen LogP contribution >= 0.6 is 0 Å². The Labute approximate surface area is 408 Å². The van der Waals surface area contributed by atoms with Crippen LogP contribution in [0.3, 0.4) is 0 Å². The molecule has 2 unspecified atom stereocenters. The summed E-state index contributed by atoms with van der Waals surface area (Å²) in [5.74, 6) is -0.900. The minimum absolute atomic E-state index is 0.149. The fraction of sp³-hybridized carbons (Fsp3) is 0.754. The third-order valence-corrected chi connectivity index (χ3v) is 12.1. The molecule has 0 amide bonds. The highest BCUT2D eigenvalue weighted by Crippen LogP contribution is 2.23. The van der Waals surface area contributed by atoms with E-state index in [4.69, 9.17) is 18.9 Å². The summed E-state index contributed by atoms with van der Waals surface area (Å²) < 4.78 is 22.2. The zero-order valence-electron chi connectivity index (χ0n) is 42.4. The second-order valence-corrected chi connectivity index (χ2v) is 18.3. The van der Waals surface area contributed by atoms with Crippen molar-refractivity contribution in [3.8, 4) is 0 Å². The van der Waals surface area contributed by atoms with E-state index in [1.54, 1.807) is 0 Å². The molecule has 10 nitrogen and oxygen atoms in total. The summed E-state index contributed by atoms with van der Waals surface area (Å²) in [4.78, 5) is 25.5. The standard InChI is InChI=1S/C57H98O10/c1-3-5-7-9-11-13-15-17-19-21-23-24-25-26-28-30-32-34-36-38-40-42-44-46-53(60)66-50(49-65-57-56(63)55(62)54(61)51(47-58)67-57)48-64-52(59)45-43-41-39-37-35-33-31-29-27-22-20-18-16-14-12-10-8-6-4-2/h6,8,12,14,18,20,27,29,33,35,39,41,50-51,54-58,61-63H,3-5,7,9-11,13,15-17,19,21-26,28,30-32,34,36-38,40,42-49H2,1-2H3/b8-6+,14-12+,20-18+,29-27+,35-33+,41-39+/t50-,51-,54+,55?,56?,57-/m1/s1. The number of rotatable bonds is 45. The molecule has 1 aliphatic rings. The second-order valence-electron chi connectivity index (χ2n) is 18.3. The Hall–Kier alpha value is -2.86. The molecule has 1 fully saturated rings. The average Bonchev–Trinajstić information content (AvgIpc) is 3.33. The largest absolute Gasteiger partial charge is 0.462 e. The number of hydrogen-bond acceptors (Lipinski definition) is 10. The first-order valence-electron chi connectivity index (χ1n) is 27.0. The van der Waals surface area contributed by atoms with Crippen molar-refractivity contribution in [3.05, 3.63) is 72.9 Å². The van der Waals surface area contributed by atoms with Gasteiger partial charge in [0.25, 0.3) is 0 Å². The van der Waals surface area contributed by atoms with E-state index >= 15 is 0 Å². The van der Waals surface area contributed by atoms with E-state index in [9.17, 15) is 30.0 Å². The van der Waals surface area contributed by atoms with Crippen LogP contribution in [0, 0.1) is 0 Å². The number of carbonyl (C=O) groups excluding carboxylic acids is 2. The van der Waals surface area contributed by atoms with Crippen molar-refractivity contribution in [2.45, 2.75) is 256 Å². The number of esters is 2. The van der Waals surface area contributed by atoms with Crippen LogP contribution in [0.4, 0.5) is 0 Å². The molecule has 1 heterocycles. The topological polar surface area (TPSA) is 152 Å². The predicted molar refractivity (Wildman–Crippen MR) is 274 cm³/mol. The molecule has 0 aliphatic carbocycles. The Balaban J connectivity index is 2.27. The van der Waals surface area contributed by atoms with Gasteiger partial charge in [-0.15, -0.1) is 0 Å². The Kier molecular flexibility index (Phi) is 43.5. The van der Waals surface area contributed by atoms with Gasteiger partial charge < -0.3 is 39.4 Å². The summed E-state index contributed by atoms with van der Waals surface area (Å²) in [5, 5.41) is 40.2. The zero-order valence-corrected chi connectivity index (χ0v) is 42.4. The number of allylic oxidation sites excluding steroid dienone is 12. The molecule has 0 saturated carbocycles. The SMILES string of the molecule is CC/C=C/C/C=C/C/C=C/C/C=C/C/C=C/C/C=C/CCC(=O)OC[C@H](CO[C@@H]1O[C@H](CO)[C@H](O)C(O)C1O)OC(=O)CCCCCCCCCCCCCCCCCCCCCCCCC.